The summed E-state index contributed by atoms with van der Waals surface area (Å²) in [7, 11) is -1.03. The maximum absolute atomic E-state index is 7.24. The van der Waals surface area contributed by atoms with Crippen molar-refractivity contribution in [2.24, 2.45) is 0 Å². The zero-order chi connectivity index (χ0) is 38.5. The summed E-state index contributed by atoms with van der Waals surface area (Å²) in [4.78, 5) is 1.42. The minimum Gasteiger partial charge on any atom is -0.455 e. The Hall–Kier alpha value is -6.61. The number of rotatable bonds is 3. The van der Waals surface area contributed by atoms with E-state index in [0.29, 0.717) is 0 Å². The van der Waals surface area contributed by atoms with Gasteiger partial charge in [-0.25, -0.2) is 10.0 Å². The maximum Gasteiger partial charge on any atom is 0.144 e. The molecular weight excluding hydrogens is 721 g/mol. The van der Waals surface area contributed by atoms with Gasteiger partial charge in [-0.3, -0.25) is 0 Å². The average Bonchev–Trinajstić information content (AvgIpc) is 3.89. The highest BCUT2D eigenvalue weighted by molar-refractivity contribution is 8.32. The molecular formula is C56H38OS. The van der Waals surface area contributed by atoms with Gasteiger partial charge in [-0.1, -0.05) is 146 Å². The number of fused-ring (bicyclic) bond motifs is 14. The Balaban J connectivity index is 1.26. The van der Waals surface area contributed by atoms with Crippen LogP contribution in [-0.2, 0) is 5.41 Å². The van der Waals surface area contributed by atoms with Crippen molar-refractivity contribution in [3.05, 3.63) is 198 Å². The SMILES string of the molecule is CS(C)(C)c1ccc2c(c1)C1(c3ccccc3-c3ccccc31)c1cc(-c3cc(-c4ccccc4)c4ccc5cccc6ccc3c4c56)c3c(oc4ccccc43)c1-2. The first-order valence-electron chi connectivity index (χ1n) is 20.2. The second-order valence-electron chi connectivity index (χ2n) is 17.1. The fourth-order valence-corrected chi connectivity index (χ4v) is 11.9. The molecule has 1 nitrogen and oxygen atoms in total. The van der Waals surface area contributed by atoms with Crippen molar-refractivity contribution < 1.29 is 4.42 Å². The number of para-hydroxylation sites is 1. The molecule has 0 aliphatic heterocycles. The fraction of sp³-hybridized carbons (Fsp3) is 0.0714. The van der Waals surface area contributed by atoms with Crippen molar-refractivity contribution in [1.82, 2.24) is 0 Å². The Morgan fingerprint density at radius 2 is 1.05 bits per heavy atom. The first-order valence-corrected chi connectivity index (χ1v) is 23.0. The zero-order valence-electron chi connectivity index (χ0n) is 32.6. The van der Waals surface area contributed by atoms with E-state index in [1.165, 1.54) is 109 Å². The summed E-state index contributed by atoms with van der Waals surface area (Å²) in [6, 6.07) is 66.4. The summed E-state index contributed by atoms with van der Waals surface area (Å²) in [5.74, 6) is 0. The molecule has 1 spiro atoms. The first kappa shape index (κ1) is 32.5. The maximum atomic E-state index is 7.24. The lowest BCUT2D eigenvalue weighted by molar-refractivity contribution is 0.669. The predicted octanol–water partition coefficient (Wildman–Crippen LogP) is 15.2. The second-order valence-corrected chi connectivity index (χ2v) is 21.2. The van der Waals surface area contributed by atoms with Gasteiger partial charge in [0.25, 0.3) is 0 Å². The Morgan fingerprint density at radius 1 is 0.397 bits per heavy atom. The van der Waals surface area contributed by atoms with Crippen molar-refractivity contribution in [3.8, 4) is 44.5 Å². The third-order valence-corrected chi connectivity index (χ3v) is 15.1. The van der Waals surface area contributed by atoms with E-state index in [2.05, 4.69) is 195 Å². The van der Waals surface area contributed by atoms with Crippen LogP contribution in [0.5, 0.6) is 0 Å². The van der Waals surface area contributed by atoms with E-state index in [1.807, 2.05) is 0 Å². The monoisotopic (exact) mass is 758 g/mol. The van der Waals surface area contributed by atoms with Crippen LogP contribution < -0.4 is 0 Å². The van der Waals surface area contributed by atoms with Crippen molar-refractivity contribution in [1.29, 1.82) is 0 Å². The standard InChI is InChI=1S/C56H38OS/c1-58(2,3)36-26-29-41-48(30-36)56(46-21-10-7-18-37(46)38-19-8-11-22-47(38)56)49-32-45(53-42-20-9-12-23-50(42)57-55(53)54(41)49)44-31-43(33-14-5-4-6-15-33)39-27-24-34-16-13-17-35-25-28-40(44)52(39)51(34)35/h4-32H,1-3H3. The van der Waals surface area contributed by atoms with Crippen molar-refractivity contribution in [3.63, 3.8) is 0 Å². The molecule has 11 aromatic rings. The van der Waals surface area contributed by atoms with Crippen LogP contribution in [0.3, 0.4) is 0 Å². The van der Waals surface area contributed by atoms with Crippen LogP contribution in [0.2, 0.25) is 0 Å². The van der Waals surface area contributed by atoms with Crippen molar-refractivity contribution in [2.45, 2.75) is 10.3 Å². The van der Waals surface area contributed by atoms with Gasteiger partial charge >= 0.3 is 0 Å². The molecule has 2 aliphatic rings. The largest absolute Gasteiger partial charge is 0.455 e. The summed E-state index contributed by atoms with van der Waals surface area (Å²) in [6.45, 7) is 0. The molecule has 0 saturated heterocycles. The molecule has 0 N–H and O–H groups in total. The van der Waals surface area contributed by atoms with E-state index in [9.17, 15) is 0 Å². The van der Waals surface area contributed by atoms with E-state index in [0.717, 1.165) is 16.6 Å². The summed E-state index contributed by atoms with van der Waals surface area (Å²) in [5.41, 5.74) is 16.7. The summed E-state index contributed by atoms with van der Waals surface area (Å²) >= 11 is 0. The minimum atomic E-state index is -1.03. The van der Waals surface area contributed by atoms with Crippen LogP contribution in [0.1, 0.15) is 22.3 Å². The lowest BCUT2D eigenvalue weighted by Crippen LogP contribution is -2.26. The zero-order valence-corrected chi connectivity index (χ0v) is 33.4. The van der Waals surface area contributed by atoms with Crippen LogP contribution in [0, 0.1) is 0 Å². The number of hydrogen-bond donors (Lipinski definition) is 0. The van der Waals surface area contributed by atoms with E-state index >= 15 is 0 Å². The molecule has 0 bridgehead atoms. The normalized spacial score (nSPS) is 14.2. The van der Waals surface area contributed by atoms with E-state index in [4.69, 9.17) is 4.42 Å². The van der Waals surface area contributed by atoms with E-state index in [1.54, 1.807) is 0 Å². The number of hydrogen-bond acceptors (Lipinski definition) is 1. The van der Waals surface area contributed by atoms with Gasteiger partial charge in [0.15, 0.2) is 0 Å². The van der Waals surface area contributed by atoms with E-state index in [-0.39, 0.29) is 0 Å². The van der Waals surface area contributed by atoms with Gasteiger partial charge in [0.1, 0.15) is 11.2 Å². The fourth-order valence-electron chi connectivity index (χ4n) is 11.0. The van der Waals surface area contributed by atoms with Gasteiger partial charge in [0.05, 0.1) is 5.41 Å². The molecule has 1 aromatic heterocycles. The highest BCUT2D eigenvalue weighted by atomic mass is 32.3. The molecule has 0 unspecified atom stereocenters. The van der Waals surface area contributed by atoms with Crippen LogP contribution in [0.4, 0.5) is 0 Å². The topological polar surface area (TPSA) is 13.1 Å². The molecule has 2 aliphatic carbocycles. The molecule has 0 saturated carbocycles. The third-order valence-electron chi connectivity index (χ3n) is 13.4. The highest BCUT2D eigenvalue weighted by Gasteiger charge is 2.53. The average molecular weight is 759 g/mol. The van der Waals surface area contributed by atoms with Crippen LogP contribution >= 0.6 is 10.0 Å². The van der Waals surface area contributed by atoms with Crippen LogP contribution in [0.25, 0.3) is 98.8 Å². The summed E-state index contributed by atoms with van der Waals surface area (Å²) in [6.07, 6.45) is 7.23. The first-order chi connectivity index (χ1) is 28.4. The Bertz CT molecular complexity index is 3480. The lowest BCUT2D eigenvalue weighted by Gasteiger charge is -2.33. The van der Waals surface area contributed by atoms with Gasteiger partial charge in [-0.05, 0) is 148 Å². The summed E-state index contributed by atoms with van der Waals surface area (Å²) in [5, 5.41) is 10.1. The molecule has 0 atom stereocenters. The molecule has 2 heteroatoms. The van der Waals surface area contributed by atoms with Crippen molar-refractivity contribution >= 4 is 64.3 Å². The van der Waals surface area contributed by atoms with Crippen LogP contribution in [-0.4, -0.2) is 18.8 Å². The van der Waals surface area contributed by atoms with Crippen LogP contribution in [0.15, 0.2) is 185 Å². The number of benzene rings is 10. The molecule has 274 valence electrons. The van der Waals surface area contributed by atoms with Gasteiger partial charge in [-0.15, -0.1) is 0 Å². The number of furan rings is 1. The molecule has 0 radical (unpaired) electrons. The molecule has 0 fully saturated rings. The van der Waals surface area contributed by atoms with E-state index < -0.39 is 15.4 Å². The predicted molar refractivity (Wildman–Crippen MR) is 248 cm³/mol. The van der Waals surface area contributed by atoms with Gasteiger partial charge in [-0.2, -0.15) is 0 Å². The highest BCUT2D eigenvalue weighted by Crippen LogP contribution is 2.66. The van der Waals surface area contributed by atoms with Gasteiger partial charge < -0.3 is 4.42 Å². The minimum absolute atomic E-state index is 0.521. The Labute approximate surface area is 338 Å². The Kier molecular flexibility index (Phi) is 6.32. The van der Waals surface area contributed by atoms with Crippen molar-refractivity contribution in [2.75, 3.05) is 18.8 Å². The molecule has 58 heavy (non-hydrogen) atoms. The molecule has 10 aromatic carbocycles. The smallest absolute Gasteiger partial charge is 0.144 e. The Morgan fingerprint density at radius 3 is 1.78 bits per heavy atom. The second kappa shape index (κ2) is 11.3. The lowest BCUT2D eigenvalue weighted by atomic mass is 9.70. The van der Waals surface area contributed by atoms with Gasteiger partial charge in [0, 0.05) is 16.3 Å². The quantitative estimate of drug-likeness (QED) is 0.164. The summed E-state index contributed by atoms with van der Waals surface area (Å²) < 4.78 is 7.24. The molecule has 0 amide bonds. The van der Waals surface area contributed by atoms with Gasteiger partial charge in [0.2, 0.25) is 0 Å². The third kappa shape index (κ3) is 4.03. The molecule has 13 rings (SSSR count). The molecule has 1 heterocycles.